The molecule has 60 heavy (non-hydrogen) atoms. The molecule has 2 aliphatic heterocycles. The standard InChI is InChI=1S/C47H46ClN5O7/c48-36-13-7-12-35(29-36)34-19-14-32(15-20-34)27-40-45(57)52-39(26-31-10-5-2-6-11-31)46(58)53-41(47(59)60)28-33-16-21-37(22-17-33)49-42(54)24-25-43(55)50-38(44(56)51-40)23-18-30-8-3-1-4-9-30/h1-17,19-22,29,38-41H,18,23-28H2,(H,49,54)(H,50,55)(H,51,56)(H,52,57)(H,53,58)(H,59,60)/t38-,39-,40+,41+/m1/s1. The topological polar surface area (TPSA) is 183 Å². The molecule has 5 amide bonds. The number of anilines is 1. The molecule has 308 valence electrons. The fourth-order valence-corrected chi connectivity index (χ4v) is 7.11. The summed E-state index contributed by atoms with van der Waals surface area (Å²) in [5.41, 5.74) is 5.08. The van der Waals surface area contributed by atoms with Crippen LogP contribution < -0.4 is 26.6 Å². The van der Waals surface area contributed by atoms with E-state index in [0.29, 0.717) is 33.8 Å². The maximum atomic E-state index is 14.5. The van der Waals surface area contributed by atoms with Gasteiger partial charge < -0.3 is 31.7 Å². The third kappa shape index (κ3) is 12.6. The van der Waals surface area contributed by atoms with E-state index in [9.17, 15) is 33.9 Å². The molecule has 2 aliphatic rings. The van der Waals surface area contributed by atoms with Gasteiger partial charge in [0.2, 0.25) is 29.5 Å². The summed E-state index contributed by atoms with van der Waals surface area (Å²) >= 11 is 6.23. The highest BCUT2D eigenvalue weighted by atomic mass is 35.5. The number of hydrogen-bond acceptors (Lipinski definition) is 6. The molecule has 6 N–H and O–H groups in total. The van der Waals surface area contributed by atoms with Crippen LogP contribution in [0.3, 0.4) is 0 Å². The van der Waals surface area contributed by atoms with Crippen LogP contribution in [0, 0.1) is 0 Å². The number of hydrogen-bond donors (Lipinski definition) is 6. The molecule has 0 radical (unpaired) electrons. The van der Waals surface area contributed by atoms with Gasteiger partial charge in [-0.1, -0.05) is 121 Å². The summed E-state index contributed by atoms with van der Waals surface area (Å²) in [5, 5.41) is 24.5. The van der Waals surface area contributed by atoms with Crippen LogP contribution in [0.1, 0.15) is 41.5 Å². The first kappa shape index (κ1) is 42.8. The third-order valence-electron chi connectivity index (χ3n) is 10.2. The van der Waals surface area contributed by atoms with E-state index in [1.807, 2.05) is 78.9 Å². The highest BCUT2D eigenvalue weighted by Crippen LogP contribution is 2.24. The van der Waals surface area contributed by atoms with Gasteiger partial charge in [-0.15, -0.1) is 0 Å². The fourth-order valence-electron chi connectivity index (χ4n) is 6.92. The lowest BCUT2D eigenvalue weighted by Crippen LogP contribution is -2.59. The predicted octanol–water partition coefficient (Wildman–Crippen LogP) is 5.42. The average molecular weight is 828 g/mol. The predicted molar refractivity (Wildman–Crippen MR) is 229 cm³/mol. The van der Waals surface area contributed by atoms with Crippen molar-refractivity contribution in [2.75, 3.05) is 5.32 Å². The van der Waals surface area contributed by atoms with E-state index in [0.717, 1.165) is 16.7 Å². The van der Waals surface area contributed by atoms with Crippen LogP contribution in [-0.2, 0) is 54.5 Å². The van der Waals surface area contributed by atoms with Gasteiger partial charge in [0.05, 0.1) is 0 Å². The van der Waals surface area contributed by atoms with Crippen molar-refractivity contribution in [3.05, 3.63) is 161 Å². The summed E-state index contributed by atoms with van der Waals surface area (Å²) < 4.78 is 0. The van der Waals surface area contributed by atoms with E-state index in [1.54, 1.807) is 54.6 Å². The highest BCUT2D eigenvalue weighted by molar-refractivity contribution is 6.30. The van der Waals surface area contributed by atoms with E-state index < -0.39 is 59.7 Å². The second-order valence-electron chi connectivity index (χ2n) is 14.7. The number of carboxylic acids is 1. The molecule has 2 bridgehead atoms. The number of carbonyl (C=O) groups excluding carboxylic acids is 5. The van der Waals surface area contributed by atoms with Crippen LogP contribution in [0.25, 0.3) is 11.1 Å². The molecule has 5 aromatic rings. The highest BCUT2D eigenvalue weighted by Gasteiger charge is 2.32. The second-order valence-corrected chi connectivity index (χ2v) is 15.2. The minimum atomic E-state index is -1.36. The van der Waals surface area contributed by atoms with E-state index in [4.69, 9.17) is 11.6 Å². The van der Waals surface area contributed by atoms with E-state index >= 15 is 0 Å². The fraction of sp³-hybridized carbons (Fsp3) is 0.234. The Hall–Kier alpha value is -6.79. The SMILES string of the molecule is O=C1CCC(=O)N[C@H](CCc2ccccc2)C(=O)N[C@@H](Cc2ccc(-c3cccc(Cl)c3)cc2)C(=O)N[C@H](Cc2ccccc2)C(=O)N[C@H](C(=O)O)Cc2ccc(cc2)N1. The Morgan fingerprint density at radius 2 is 1.13 bits per heavy atom. The largest absolute Gasteiger partial charge is 0.480 e. The Kier molecular flexibility index (Phi) is 14.8. The van der Waals surface area contributed by atoms with Gasteiger partial charge in [0, 0.05) is 42.8 Å². The molecule has 0 unspecified atom stereocenters. The zero-order valence-electron chi connectivity index (χ0n) is 32.7. The smallest absolute Gasteiger partial charge is 0.326 e. The molecule has 4 atom stereocenters. The molecule has 7 rings (SSSR count). The lowest BCUT2D eigenvalue weighted by atomic mass is 9.98. The molecule has 0 aromatic heterocycles. The van der Waals surface area contributed by atoms with Crippen LogP contribution in [0.4, 0.5) is 5.69 Å². The molecular weight excluding hydrogens is 782 g/mol. The monoisotopic (exact) mass is 827 g/mol. The van der Waals surface area contributed by atoms with Crippen LogP contribution in [0.5, 0.6) is 0 Å². The van der Waals surface area contributed by atoms with Gasteiger partial charge in [0.15, 0.2) is 0 Å². The summed E-state index contributed by atoms with van der Waals surface area (Å²) in [4.78, 5) is 81.4. The van der Waals surface area contributed by atoms with Crippen molar-refractivity contribution in [3.63, 3.8) is 0 Å². The minimum absolute atomic E-state index is 0.000170. The molecule has 12 nitrogen and oxygen atoms in total. The zero-order chi connectivity index (χ0) is 42.4. The van der Waals surface area contributed by atoms with Crippen LogP contribution in [-0.4, -0.2) is 64.8 Å². The van der Waals surface area contributed by atoms with Gasteiger partial charge in [-0.3, -0.25) is 24.0 Å². The number of halogens is 1. The Morgan fingerprint density at radius 3 is 1.75 bits per heavy atom. The van der Waals surface area contributed by atoms with E-state index in [-0.39, 0.29) is 38.5 Å². The van der Waals surface area contributed by atoms with Crippen molar-refractivity contribution >= 4 is 52.8 Å². The first-order chi connectivity index (χ1) is 29.0. The van der Waals surface area contributed by atoms with Crippen molar-refractivity contribution < 1.29 is 33.9 Å². The number of rotatable bonds is 9. The van der Waals surface area contributed by atoms with Crippen LogP contribution in [0.15, 0.2) is 133 Å². The summed E-state index contributed by atoms with van der Waals surface area (Å²) in [6.07, 6.45) is 0.143. The Bertz CT molecular complexity index is 2290. The molecule has 0 saturated heterocycles. The van der Waals surface area contributed by atoms with Gasteiger partial charge in [-0.05, 0) is 70.5 Å². The summed E-state index contributed by atoms with van der Waals surface area (Å²) in [6.45, 7) is 0. The number of nitrogens with one attached hydrogen (secondary N) is 5. The first-order valence-electron chi connectivity index (χ1n) is 19.7. The lowest BCUT2D eigenvalue weighted by Gasteiger charge is -2.26. The quantitative estimate of drug-likeness (QED) is 0.107. The van der Waals surface area contributed by atoms with Gasteiger partial charge >= 0.3 is 5.97 Å². The number of carboxylic acid groups (broad SMARTS) is 1. The zero-order valence-corrected chi connectivity index (χ0v) is 33.5. The van der Waals surface area contributed by atoms with E-state index in [1.165, 1.54) is 0 Å². The molecular formula is C47H46ClN5O7. The normalized spacial score (nSPS) is 19.4. The van der Waals surface area contributed by atoms with Gasteiger partial charge in [0.25, 0.3) is 0 Å². The molecule has 13 heteroatoms. The van der Waals surface area contributed by atoms with Crippen molar-refractivity contribution in [1.82, 2.24) is 21.3 Å². The van der Waals surface area contributed by atoms with E-state index in [2.05, 4.69) is 26.6 Å². The third-order valence-corrected chi connectivity index (χ3v) is 10.4. The molecule has 0 fully saturated rings. The second kappa shape index (κ2) is 20.8. The van der Waals surface area contributed by atoms with Crippen molar-refractivity contribution in [2.24, 2.45) is 0 Å². The Balaban J connectivity index is 1.34. The number of aryl methyl sites for hydroxylation is 1. The van der Waals surface area contributed by atoms with Gasteiger partial charge in [-0.25, -0.2) is 4.79 Å². The summed E-state index contributed by atoms with van der Waals surface area (Å²) in [7, 11) is 0. The van der Waals surface area contributed by atoms with Crippen molar-refractivity contribution in [1.29, 1.82) is 0 Å². The molecule has 5 aromatic carbocycles. The molecule has 0 saturated carbocycles. The van der Waals surface area contributed by atoms with Crippen LogP contribution in [0.2, 0.25) is 5.02 Å². The minimum Gasteiger partial charge on any atom is -0.480 e. The molecule has 0 aliphatic carbocycles. The number of carbonyl (C=O) groups is 6. The Labute approximate surface area is 353 Å². The molecule has 0 spiro atoms. The number of amides is 5. The van der Waals surface area contributed by atoms with Crippen molar-refractivity contribution in [3.8, 4) is 11.1 Å². The lowest BCUT2D eigenvalue weighted by molar-refractivity contribution is -0.142. The first-order valence-corrected chi connectivity index (χ1v) is 20.1. The molecule has 2 heterocycles. The maximum absolute atomic E-state index is 14.5. The van der Waals surface area contributed by atoms with Crippen LogP contribution >= 0.6 is 11.6 Å². The Morgan fingerprint density at radius 1 is 0.567 bits per heavy atom. The van der Waals surface area contributed by atoms with Crippen molar-refractivity contribution in [2.45, 2.75) is 69.1 Å². The summed E-state index contributed by atoms with van der Waals surface area (Å²) in [5.74, 6) is -4.33. The van der Waals surface area contributed by atoms with Gasteiger partial charge in [-0.2, -0.15) is 0 Å². The summed E-state index contributed by atoms with van der Waals surface area (Å²) in [6, 6.07) is 34.7. The number of fused-ring (bicyclic) bond motifs is 18. The van der Waals surface area contributed by atoms with Gasteiger partial charge in [0.1, 0.15) is 24.2 Å². The average Bonchev–Trinajstić information content (AvgIpc) is 3.25. The number of aliphatic carboxylic acids is 1. The number of benzene rings is 5. The maximum Gasteiger partial charge on any atom is 0.326 e.